The zero-order chi connectivity index (χ0) is 15.5. The number of nitrogens with one attached hydrogen (secondary N) is 1. The molecule has 1 aromatic carbocycles. The first-order chi connectivity index (χ1) is 9.95. The van der Waals surface area contributed by atoms with Gasteiger partial charge in [-0.1, -0.05) is 12.1 Å². The lowest BCUT2D eigenvalue weighted by atomic mass is 9.92. The minimum absolute atomic E-state index is 0.0257. The Morgan fingerprint density at radius 3 is 2.67 bits per heavy atom. The van der Waals surface area contributed by atoms with Crippen molar-refractivity contribution in [2.24, 2.45) is 0 Å². The van der Waals surface area contributed by atoms with Crippen LogP contribution in [0.4, 0.5) is 14.5 Å². The van der Waals surface area contributed by atoms with Gasteiger partial charge in [-0.3, -0.25) is 0 Å². The SMILES string of the molecule is COC1CCCC(Nc2ccccc2S(=O)(=O)C(F)F)C1. The van der Waals surface area contributed by atoms with Crippen molar-refractivity contribution in [1.82, 2.24) is 0 Å². The molecule has 0 aromatic heterocycles. The lowest BCUT2D eigenvalue weighted by Gasteiger charge is -2.30. The number of ether oxygens (including phenoxy) is 1. The first-order valence-electron chi connectivity index (χ1n) is 6.85. The Morgan fingerprint density at radius 1 is 1.29 bits per heavy atom. The van der Waals surface area contributed by atoms with Crippen LogP contribution in [0.3, 0.4) is 0 Å². The zero-order valence-corrected chi connectivity index (χ0v) is 12.6. The normalized spacial score (nSPS) is 23.2. The molecule has 1 aromatic rings. The topological polar surface area (TPSA) is 55.4 Å². The molecule has 0 aliphatic heterocycles. The van der Waals surface area contributed by atoms with Crippen molar-refractivity contribution in [1.29, 1.82) is 0 Å². The third kappa shape index (κ3) is 3.71. The summed E-state index contributed by atoms with van der Waals surface area (Å²) in [5, 5.41) is 3.08. The van der Waals surface area contributed by atoms with Crippen LogP contribution >= 0.6 is 0 Å². The van der Waals surface area contributed by atoms with E-state index in [1.807, 2.05) is 0 Å². The molecule has 0 heterocycles. The molecule has 118 valence electrons. The Hall–Kier alpha value is -1.21. The number of hydrogen-bond acceptors (Lipinski definition) is 4. The molecular formula is C14H19F2NO3S. The van der Waals surface area contributed by atoms with E-state index >= 15 is 0 Å². The average Bonchev–Trinajstić information content (AvgIpc) is 2.47. The fourth-order valence-electron chi connectivity index (χ4n) is 2.64. The Labute approximate surface area is 123 Å². The largest absolute Gasteiger partial charge is 0.381 e. The van der Waals surface area contributed by atoms with Crippen LogP contribution in [-0.2, 0) is 14.6 Å². The summed E-state index contributed by atoms with van der Waals surface area (Å²) in [6.07, 6.45) is 3.64. The summed E-state index contributed by atoms with van der Waals surface area (Å²) in [7, 11) is -2.96. The third-order valence-corrected chi connectivity index (χ3v) is 5.19. The number of alkyl halides is 2. The van der Waals surface area contributed by atoms with Crippen molar-refractivity contribution < 1.29 is 21.9 Å². The monoisotopic (exact) mass is 319 g/mol. The maximum absolute atomic E-state index is 12.7. The van der Waals surface area contributed by atoms with Gasteiger partial charge in [0.25, 0.3) is 0 Å². The molecule has 1 aliphatic carbocycles. The van der Waals surface area contributed by atoms with E-state index in [4.69, 9.17) is 4.74 Å². The molecule has 0 spiro atoms. The minimum Gasteiger partial charge on any atom is -0.381 e. The van der Waals surface area contributed by atoms with Crippen LogP contribution in [0.2, 0.25) is 0 Å². The van der Waals surface area contributed by atoms with Crippen molar-refractivity contribution in [2.45, 2.75) is 48.5 Å². The second-order valence-electron chi connectivity index (χ2n) is 5.17. The predicted octanol–water partition coefficient (Wildman–Crippen LogP) is 3.05. The van der Waals surface area contributed by atoms with E-state index in [-0.39, 0.29) is 22.7 Å². The summed E-state index contributed by atoms with van der Waals surface area (Å²) in [6.45, 7) is 0. The Morgan fingerprint density at radius 2 is 2.00 bits per heavy atom. The maximum atomic E-state index is 12.7. The summed E-state index contributed by atoms with van der Waals surface area (Å²) in [4.78, 5) is -0.348. The van der Waals surface area contributed by atoms with E-state index in [0.717, 1.165) is 25.7 Å². The van der Waals surface area contributed by atoms with Gasteiger partial charge in [-0.15, -0.1) is 0 Å². The molecule has 2 atom stereocenters. The summed E-state index contributed by atoms with van der Waals surface area (Å²) in [6, 6.07) is 5.83. The molecule has 0 bridgehead atoms. The van der Waals surface area contributed by atoms with Crippen molar-refractivity contribution in [2.75, 3.05) is 12.4 Å². The Bertz CT molecular complexity index is 577. The molecule has 4 nitrogen and oxygen atoms in total. The van der Waals surface area contributed by atoms with Crippen molar-refractivity contribution in [3.8, 4) is 0 Å². The smallest absolute Gasteiger partial charge is 0.341 e. The molecule has 2 rings (SSSR count). The van der Waals surface area contributed by atoms with Crippen LogP contribution in [0.5, 0.6) is 0 Å². The van der Waals surface area contributed by atoms with Crippen molar-refractivity contribution in [3.63, 3.8) is 0 Å². The van der Waals surface area contributed by atoms with Gasteiger partial charge in [-0.05, 0) is 37.8 Å². The highest BCUT2D eigenvalue weighted by Gasteiger charge is 2.30. The fourth-order valence-corrected chi connectivity index (χ4v) is 3.53. The van der Waals surface area contributed by atoms with Gasteiger partial charge in [0.2, 0.25) is 9.84 Å². The Kier molecular flexibility index (Phi) is 5.16. The van der Waals surface area contributed by atoms with Gasteiger partial charge in [-0.25, -0.2) is 8.42 Å². The molecule has 0 saturated heterocycles. The number of para-hydroxylation sites is 1. The van der Waals surface area contributed by atoms with Crippen LogP contribution in [0, 0.1) is 0 Å². The quantitative estimate of drug-likeness (QED) is 0.906. The molecular weight excluding hydrogens is 300 g/mol. The van der Waals surface area contributed by atoms with Gasteiger partial charge in [-0.2, -0.15) is 8.78 Å². The summed E-state index contributed by atoms with van der Waals surface area (Å²) in [5.74, 6) is -3.42. The minimum atomic E-state index is -4.60. The molecule has 1 aliphatic rings. The van der Waals surface area contributed by atoms with Crippen LogP contribution in [-0.4, -0.2) is 33.4 Å². The van der Waals surface area contributed by atoms with Crippen LogP contribution in [0.1, 0.15) is 25.7 Å². The zero-order valence-electron chi connectivity index (χ0n) is 11.8. The van der Waals surface area contributed by atoms with E-state index in [9.17, 15) is 17.2 Å². The summed E-state index contributed by atoms with van der Waals surface area (Å²) < 4.78 is 54.2. The van der Waals surface area contributed by atoms with Gasteiger partial charge in [0.15, 0.2) is 0 Å². The molecule has 21 heavy (non-hydrogen) atoms. The number of methoxy groups -OCH3 is 1. The second kappa shape index (κ2) is 6.70. The van der Waals surface area contributed by atoms with Gasteiger partial charge in [0.1, 0.15) is 0 Å². The van der Waals surface area contributed by atoms with E-state index in [1.54, 1.807) is 13.2 Å². The number of anilines is 1. The Balaban J connectivity index is 2.21. The third-order valence-electron chi connectivity index (χ3n) is 3.75. The van der Waals surface area contributed by atoms with E-state index in [2.05, 4.69) is 5.32 Å². The van der Waals surface area contributed by atoms with Crippen LogP contribution in [0.15, 0.2) is 29.2 Å². The summed E-state index contributed by atoms with van der Waals surface area (Å²) in [5.41, 5.74) is 0.236. The number of sulfone groups is 1. The number of hydrogen-bond donors (Lipinski definition) is 1. The second-order valence-corrected chi connectivity index (χ2v) is 7.05. The van der Waals surface area contributed by atoms with Crippen LogP contribution in [0.25, 0.3) is 0 Å². The fraction of sp³-hybridized carbons (Fsp3) is 0.571. The average molecular weight is 319 g/mol. The van der Waals surface area contributed by atoms with Gasteiger partial charge in [0.05, 0.1) is 16.7 Å². The predicted molar refractivity (Wildman–Crippen MR) is 76.3 cm³/mol. The lowest BCUT2D eigenvalue weighted by molar-refractivity contribution is 0.0669. The molecule has 1 saturated carbocycles. The maximum Gasteiger partial charge on any atom is 0.341 e. The molecule has 0 amide bonds. The highest BCUT2D eigenvalue weighted by Crippen LogP contribution is 2.29. The standard InChI is InChI=1S/C14H19F2NO3S/c1-20-11-6-4-5-10(9-11)17-12-7-2-3-8-13(12)21(18,19)14(15)16/h2-3,7-8,10-11,14,17H,4-6,9H2,1H3. The van der Waals surface area contributed by atoms with E-state index < -0.39 is 15.6 Å². The molecule has 7 heteroatoms. The molecule has 0 radical (unpaired) electrons. The van der Waals surface area contributed by atoms with Crippen LogP contribution < -0.4 is 5.32 Å². The first-order valence-corrected chi connectivity index (χ1v) is 8.40. The first kappa shape index (κ1) is 16.2. The summed E-state index contributed by atoms with van der Waals surface area (Å²) >= 11 is 0. The number of rotatable bonds is 5. The highest BCUT2D eigenvalue weighted by molar-refractivity contribution is 7.91. The number of halogens is 2. The van der Waals surface area contributed by atoms with E-state index in [0.29, 0.717) is 0 Å². The lowest BCUT2D eigenvalue weighted by Crippen LogP contribution is -2.31. The molecule has 1 N–H and O–H groups in total. The molecule has 1 fully saturated rings. The highest BCUT2D eigenvalue weighted by atomic mass is 32.2. The van der Waals surface area contributed by atoms with Crippen molar-refractivity contribution >= 4 is 15.5 Å². The van der Waals surface area contributed by atoms with Gasteiger partial charge >= 0.3 is 5.76 Å². The number of benzene rings is 1. The van der Waals surface area contributed by atoms with Gasteiger partial charge in [0, 0.05) is 13.2 Å². The van der Waals surface area contributed by atoms with E-state index in [1.165, 1.54) is 18.2 Å². The van der Waals surface area contributed by atoms with Gasteiger partial charge < -0.3 is 10.1 Å². The molecule has 2 unspecified atom stereocenters. The van der Waals surface area contributed by atoms with Crippen molar-refractivity contribution in [3.05, 3.63) is 24.3 Å².